The minimum absolute atomic E-state index is 0. The van der Waals surface area contributed by atoms with Crippen LogP contribution < -0.4 is 9.64 Å². The predicted molar refractivity (Wildman–Crippen MR) is 150 cm³/mol. The zero-order valence-electron chi connectivity index (χ0n) is 20.3. The molecule has 36 heavy (non-hydrogen) atoms. The molecule has 1 fully saturated rings. The van der Waals surface area contributed by atoms with Crippen molar-refractivity contribution in [2.75, 3.05) is 52.3 Å². The Hall–Kier alpha value is -1.47. The number of ether oxygens (including phenoxy) is 1. The van der Waals surface area contributed by atoms with Gasteiger partial charge in [0.25, 0.3) is 10.0 Å². The highest BCUT2D eigenvalue weighted by atomic mass is 35.5. The molecule has 2 aromatic heterocycles. The molecule has 1 aliphatic rings. The van der Waals surface area contributed by atoms with E-state index >= 15 is 0 Å². The van der Waals surface area contributed by atoms with E-state index in [9.17, 15) is 13.2 Å². The maximum Gasteiger partial charge on any atom is 0.252 e. The van der Waals surface area contributed by atoms with Crippen LogP contribution in [0.15, 0.2) is 33.9 Å². The van der Waals surface area contributed by atoms with Gasteiger partial charge in [-0.1, -0.05) is 29.0 Å². The van der Waals surface area contributed by atoms with Crippen LogP contribution in [0, 0.1) is 5.92 Å². The van der Waals surface area contributed by atoms with Crippen molar-refractivity contribution < 1.29 is 17.9 Å². The molecule has 0 saturated carbocycles. The molecule has 4 rings (SSSR count). The second-order valence-electron chi connectivity index (χ2n) is 8.68. The highest BCUT2D eigenvalue weighted by Gasteiger charge is 2.35. The molecule has 0 atom stereocenters. The van der Waals surface area contributed by atoms with E-state index in [2.05, 4.69) is 4.90 Å². The molecule has 0 N–H and O–H groups in total. The first-order valence-corrected chi connectivity index (χ1v) is 14.9. The fourth-order valence-corrected chi connectivity index (χ4v) is 8.07. The number of fused-ring (bicyclic) bond motifs is 1. The average molecular weight is 594 g/mol. The number of amides is 1. The van der Waals surface area contributed by atoms with Crippen molar-refractivity contribution in [3.63, 3.8) is 0 Å². The van der Waals surface area contributed by atoms with Gasteiger partial charge in [0.05, 0.1) is 16.8 Å². The molecule has 1 aliphatic heterocycles. The van der Waals surface area contributed by atoms with Crippen LogP contribution in [-0.4, -0.2) is 75.9 Å². The van der Waals surface area contributed by atoms with Crippen LogP contribution >= 0.6 is 46.7 Å². The molecule has 1 saturated heterocycles. The van der Waals surface area contributed by atoms with Crippen molar-refractivity contribution in [3.8, 4) is 5.75 Å². The van der Waals surface area contributed by atoms with Crippen LogP contribution in [-0.2, 0) is 14.8 Å². The first kappa shape index (κ1) is 29.1. The van der Waals surface area contributed by atoms with Crippen LogP contribution in [0.2, 0.25) is 5.02 Å². The zero-order chi connectivity index (χ0) is 25.2. The number of methoxy groups -OCH3 is 1. The fraction of sp³-hybridized carbons (Fsp3) is 0.478. The normalized spacial score (nSPS) is 15.2. The third kappa shape index (κ3) is 6.15. The maximum absolute atomic E-state index is 13.7. The summed E-state index contributed by atoms with van der Waals surface area (Å²) >= 11 is 9.02. The lowest BCUT2D eigenvalue weighted by Crippen LogP contribution is -2.45. The number of benzene rings is 1. The number of nitrogens with zero attached hydrogens (tertiary/aromatic N) is 4. The molecule has 1 aromatic carbocycles. The lowest BCUT2D eigenvalue weighted by Gasteiger charge is -2.32. The van der Waals surface area contributed by atoms with Gasteiger partial charge in [0.15, 0.2) is 5.13 Å². The number of rotatable bonds is 9. The Kier molecular flexibility index (Phi) is 10.0. The summed E-state index contributed by atoms with van der Waals surface area (Å²) in [6, 6.07) is 6.90. The molecule has 13 heteroatoms. The summed E-state index contributed by atoms with van der Waals surface area (Å²) in [7, 11) is 2.07. The number of carbonyl (C=O) groups is 1. The van der Waals surface area contributed by atoms with Gasteiger partial charge in [-0.2, -0.15) is 4.31 Å². The van der Waals surface area contributed by atoms with Gasteiger partial charge < -0.3 is 9.64 Å². The van der Waals surface area contributed by atoms with E-state index in [1.165, 1.54) is 27.0 Å². The highest BCUT2D eigenvalue weighted by molar-refractivity contribution is 7.91. The van der Waals surface area contributed by atoms with Crippen molar-refractivity contribution in [3.05, 3.63) is 34.7 Å². The predicted octanol–water partition coefficient (Wildman–Crippen LogP) is 4.83. The summed E-state index contributed by atoms with van der Waals surface area (Å²) in [5, 5.41) is 2.91. The summed E-state index contributed by atoms with van der Waals surface area (Å²) in [5.74, 6) is 0.319. The molecule has 1 amide bonds. The maximum atomic E-state index is 13.7. The molecule has 0 bridgehead atoms. The number of hydrogen-bond donors (Lipinski definition) is 0. The average Bonchev–Trinajstić information content (AvgIpc) is 3.53. The number of hydrogen-bond acceptors (Lipinski definition) is 8. The highest BCUT2D eigenvalue weighted by Crippen LogP contribution is 2.39. The Balaban J connectivity index is 0.00000361. The Labute approximate surface area is 231 Å². The number of carbonyl (C=O) groups excluding carboxylic acids is 1. The van der Waals surface area contributed by atoms with E-state index in [-0.39, 0.29) is 24.2 Å². The molecule has 3 aromatic rings. The summed E-state index contributed by atoms with van der Waals surface area (Å²) in [4.78, 5) is 22.3. The summed E-state index contributed by atoms with van der Waals surface area (Å²) in [6.07, 6.45) is 1.73. The minimum atomic E-state index is -3.51. The van der Waals surface area contributed by atoms with Crippen molar-refractivity contribution in [2.24, 2.45) is 5.92 Å². The number of halogens is 2. The van der Waals surface area contributed by atoms with Gasteiger partial charge in [-0.3, -0.25) is 9.69 Å². The molecule has 3 heterocycles. The smallest absolute Gasteiger partial charge is 0.252 e. The van der Waals surface area contributed by atoms with Crippen molar-refractivity contribution >= 4 is 78.0 Å². The van der Waals surface area contributed by atoms with Crippen molar-refractivity contribution in [1.82, 2.24) is 14.2 Å². The molecular weight excluding hydrogens is 563 g/mol. The minimum Gasteiger partial charge on any atom is -0.494 e. The van der Waals surface area contributed by atoms with Crippen LogP contribution in [0.1, 0.15) is 19.3 Å². The summed E-state index contributed by atoms with van der Waals surface area (Å²) < 4.78 is 33.8. The van der Waals surface area contributed by atoms with Crippen LogP contribution in [0.3, 0.4) is 0 Å². The van der Waals surface area contributed by atoms with Crippen LogP contribution in [0.25, 0.3) is 10.2 Å². The zero-order valence-corrected chi connectivity index (χ0v) is 24.4. The molecule has 8 nitrogen and oxygen atoms in total. The summed E-state index contributed by atoms with van der Waals surface area (Å²) in [6.45, 7) is 1.99. The molecule has 0 radical (unpaired) electrons. The lowest BCUT2D eigenvalue weighted by molar-refractivity contribution is -0.123. The van der Waals surface area contributed by atoms with Crippen LogP contribution in [0.5, 0.6) is 5.75 Å². The summed E-state index contributed by atoms with van der Waals surface area (Å²) in [5.41, 5.74) is 0.641. The Morgan fingerprint density at radius 2 is 1.94 bits per heavy atom. The SMILES string of the molecule is COc1ccc(Cl)c2sc(N(CCCN(C)C)C(=O)C3CCN(S(=O)(=O)c4cccs4)CC3)nc12.Cl. The number of thiophene rings is 1. The van der Waals surface area contributed by atoms with E-state index in [1.54, 1.807) is 41.7 Å². The number of sulfonamides is 1. The second kappa shape index (κ2) is 12.4. The Morgan fingerprint density at radius 3 is 2.56 bits per heavy atom. The van der Waals surface area contributed by atoms with Gasteiger partial charge in [-0.25, -0.2) is 13.4 Å². The first-order valence-electron chi connectivity index (χ1n) is 11.3. The first-order chi connectivity index (χ1) is 16.7. The second-order valence-corrected chi connectivity index (χ2v) is 13.2. The largest absolute Gasteiger partial charge is 0.494 e. The van der Waals surface area contributed by atoms with E-state index in [0.29, 0.717) is 58.1 Å². The Morgan fingerprint density at radius 1 is 1.22 bits per heavy atom. The number of thiazole rings is 1. The lowest BCUT2D eigenvalue weighted by atomic mass is 9.96. The van der Waals surface area contributed by atoms with Gasteiger partial charge in [0, 0.05) is 25.6 Å². The number of aromatic nitrogens is 1. The van der Waals surface area contributed by atoms with E-state index in [0.717, 1.165) is 17.7 Å². The Bertz CT molecular complexity index is 1270. The van der Waals surface area contributed by atoms with Gasteiger partial charge in [-0.15, -0.1) is 23.7 Å². The monoisotopic (exact) mass is 592 g/mol. The van der Waals surface area contributed by atoms with E-state index in [1.807, 2.05) is 14.1 Å². The quantitative estimate of drug-likeness (QED) is 0.354. The molecule has 198 valence electrons. The standard InChI is InChI=1S/C23H29ClN4O4S3.ClH/c1-26(2)11-5-12-28(23-25-20-18(32-3)8-7-17(24)21(20)34-23)22(29)16-9-13-27(14-10-16)35(30,31)19-6-4-15-33-19;/h4,6-8,15-16H,5,9-14H2,1-3H3;1H. The third-order valence-electron chi connectivity index (χ3n) is 6.04. The van der Waals surface area contributed by atoms with Gasteiger partial charge in [0.1, 0.15) is 15.5 Å². The number of anilines is 1. The molecule has 0 aliphatic carbocycles. The van der Waals surface area contributed by atoms with Gasteiger partial charge in [0.2, 0.25) is 5.91 Å². The van der Waals surface area contributed by atoms with Crippen molar-refractivity contribution in [2.45, 2.75) is 23.5 Å². The van der Waals surface area contributed by atoms with E-state index < -0.39 is 10.0 Å². The molecular formula is C23H30Cl2N4O4S3. The van der Waals surface area contributed by atoms with Gasteiger partial charge >= 0.3 is 0 Å². The molecule has 0 unspecified atom stereocenters. The van der Waals surface area contributed by atoms with Crippen LogP contribution in [0.4, 0.5) is 5.13 Å². The van der Waals surface area contributed by atoms with E-state index in [4.69, 9.17) is 21.3 Å². The number of piperidine rings is 1. The topological polar surface area (TPSA) is 83.0 Å². The third-order valence-corrected chi connectivity index (χ3v) is 10.9. The molecule has 0 spiro atoms. The van der Waals surface area contributed by atoms with Gasteiger partial charge in [-0.05, 0) is 63.5 Å². The fourth-order valence-electron chi connectivity index (χ4n) is 4.17. The van der Waals surface area contributed by atoms with Crippen molar-refractivity contribution in [1.29, 1.82) is 0 Å².